The van der Waals surface area contributed by atoms with Crippen LogP contribution in [0.5, 0.6) is 0 Å². The average molecular weight is 304 g/mol. The number of anilines is 2. The summed E-state index contributed by atoms with van der Waals surface area (Å²) < 4.78 is 5.27. The predicted octanol–water partition coefficient (Wildman–Crippen LogP) is 0.875. The van der Waals surface area contributed by atoms with E-state index in [0.29, 0.717) is 37.7 Å². The van der Waals surface area contributed by atoms with Crippen LogP contribution in [-0.2, 0) is 14.3 Å². The number of hydrogen-bond acceptors (Lipinski definition) is 5. The number of ether oxygens (including phenoxy) is 1. The molecule has 0 atom stereocenters. The van der Waals surface area contributed by atoms with Crippen molar-refractivity contribution in [2.75, 3.05) is 36.1 Å². The number of carbonyl (C=O) groups excluding carboxylic acids is 2. The number of carboxylic acid groups (broad SMARTS) is 1. The zero-order valence-electron chi connectivity index (χ0n) is 11.9. The molecule has 2 saturated heterocycles. The summed E-state index contributed by atoms with van der Waals surface area (Å²) in [5.41, 5.74) is 0.993. The van der Waals surface area contributed by atoms with Crippen molar-refractivity contribution in [1.29, 1.82) is 0 Å². The highest BCUT2D eigenvalue weighted by atomic mass is 16.5. The molecule has 0 radical (unpaired) electrons. The fourth-order valence-electron chi connectivity index (χ4n) is 2.78. The van der Waals surface area contributed by atoms with Gasteiger partial charge >= 0.3 is 5.97 Å². The summed E-state index contributed by atoms with van der Waals surface area (Å²) in [6.45, 7) is 2.32. The summed E-state index contributed by atoms with van der Waals surface area (Å²) in [4.78, 5) is 38.1. The smallest absolute Gasteiger partial charge is 0.337 e. The third-order valence-electron chi connectivity index (χ3n) is 3.87. The van der Waals surface area contributed by atoms with E-state index < -0.39 is 5.97 Å². The molecule has 0 unspecified atom stereocenters. The lowest BCUT2D eigenvalue weighted by Gasteiger charge is -2.30. The molecule has 1 aromatic carbocycles. The number of carbonyl (C=O) groups is 3. The number of rotatable bonds is 3. The number of nitrogens with zero attached hydrogens (tertiary/aromatic N) is 2. The van der Waals surface area contributed by atoms with Crippen LogP contribution in [0.15, 0.2) is 18.2 Å². The maximum absolute atomic E-state index is 11.8. The van der Waals surface area contributed by atoms with Gasteiger partial charge < -0.3 is 14.7 Å². The van der Waals surface area contributed by atoms with Crippen LogP contribution >= 0.6 is 0 Å². The van der Waals surface area contributed by atoms with Gasteiger partial charge in [-0.1, -0.05) is 0 Å². The molecule has 0 spiro atoms. The minimum absolute atomic E-state index is 0.0897. The van der Waals surface area contributed by atoms with Crippen molar-refractivity contribution in [3.05, 3.63) is 23.8 Å². The summed E-state index contributed by atoms with van der Waals surface area (Å²) in [7, 11) is 0. The second-order valence-corrected chi connectivity index (χ2v) is 5.23. The minimum Gasteiger partial charge on any atom is -0.478 e. The zero-order chi connectivity index (χ0) is 15.7. The van der Waals surface area contributed by atoms with E-state index in [0.717, 1.165) is 4.90 Å². The summed E-state index contributed by atoms with van der Waals surface area (Å²) in [5, 5.41) is 9.45. The lowest BCUT2D eigenvalue weighted by Crippen LogP contribution is -2.37. The number of hydrogen-bond donors (Lipinski definition) is 1. The summed E-state index contributed by atoms with van der Waals surface area (Å²) in [5.74, 6) is -1.66. The Morgan fingerprint density at radius 2 is 1.73 bits per heavy atom. The molecular formula is C15H16N2O5. The SMILES string of the molecule is O=C(O)c1cc(N2C(=O)CCC2=O)ccc1N1CCOCC1. The first-order valence-corrected chi connectivity index (χ1v) is 7.14. The van der Waals surface area contributed by atoms with Crippen LogP contribution in [0.3, 0.4) is 0 Å². The molecule has 0 aromatic heterocycles. The molecule has 7 nitrogen and oxygen atoms in total. The minimum atomic E-state index is -1.08. The Hall–Kier alpha value is -2.41. The Morgan fingerprint density at radius 1 is 1.09 bits per heavy atom. The van der Waals surface area contributed by atoms with Crippen molar-refractivity contribution in [3.63, 3.8) is 0 Å². The molecule has 22 heavy (non-hydrogen) atoms. The van der Waals surface area contributed by atoms with Gasteiger partial charge in [0.05, 0.1) is 30.2 Å². The van der Waals surface area contributed by atoms with Crippen molar-refractivity contribution in [2.45, 2.75) is 12.8 Å². The van der Waals surface area contributed by atoms with Crippen LogP contribution in [0.4, 0.5) is 11.4 Å². The lowest BCUT2D eigenvalue weighted by molar-refractivity contribution is -0.121. The average Bonchev–Trinajstić information content (AvgIpc) is 2.86. The molecule has 1 N–H and O–H groups in total. The Labute approximate surface area is 127 Å². The van der Waals surface area contributed by atoms with E-state index in [1.165, 1.54) is 6.07 Å². The van der Waals surface area contributed by atoms with Crippen molar-refractivity contribution >= 4 is 29.2 Å². The van der Waals surface area contributed by atoms with E-state index in [2.05, 4.69) is 0 Å². The Bertz CT molecular complexity index is 621. The Kier molecular flexibility index (Phi) is 3.81. The molecule has 0 bridgehead atoms. The molecule has 116 valence electrons. The first kappa shape index (κ1) is 14.5. The first-order chi connectivity index (χ1) is 10.6. The molecule has 0 aliphatic carbocycles. The molecule has 3 rings (SSSR count). The number of morpholine rings is 1. The van der Waals surface area contributed by atoms with Crippen LogP contribution in [0.1, 0.15) is 23.2 Å². The summed E-state index contributed by atoms with van der Waals surface area (Å²) in [6, 6.07) is 4.68. The molecule has 2 amide bonds. The number of benzene rings is 1. The van der Waals surface area contributed by atoms with Crippen molar-refractivity contribution < 1.29 is 24.2 Å². The highest BCUT2D eigenvalue weighted by Gasteiger charge is 2.31. The van der Waals surface area contributed by atoms with Gasteiger partial charge in [-0.25, -0.2) is 4.79 Å². The van der Waals surface area contributed by atoms with Crippen LogP contribution in [0.25, 0.3) is 0 Å². The molecule has 0 saturated carbocycles. The Morgan fingerprint density at radius 3 is 2.32 bits per heavy atom. The van der Waals surface area contributed by atoms with Gasteiger partial charge in [0, 0.05) is 25.9 Å². The van der Waals surface area contributed by atoms with Gasteiger partial charge in [-0.05, 0) is 18.2 Å². The van der Waals surface area contributed by atoms with Crippen LogP contribution < -0.4 is 9.80 Å². The van der Waals surface area contributed by atoms with E-state index in [1.54, 1.807) is 12.1 Å². The third kappa shape index (κ3) is 2.55. The van der Waals surface area contributed by atoms with E-state index in [1.807, 2.05) is 4.90 Å². The summed E-state index contributed by atoms with van der Waals surface area (Å²) >= 11 is 0. The van der Waals surface area contributed by atoms with Gasteiger partial charge in [0.1, 0.15) is 0 Å². The number of amides is 2. The second-order valence-electron chi connectivity index (χ2n) is 5.23. The zero-order valence-corrected chi connectivity index (χ0v) is 11.9. The van der Waals surface area contributed by atoms with Gasteiger partial charge in [-0.15, -0.1) is 0 Å². The van der Waals surface area contributed by atoms with Crippen LogP contribution in [0.2, 0.25) is 0 Å². The maximum Gasteiger partial charge on any atom is 0.337 e. The van der Waals surface area contributed by atoms with Crippen LogP contribution in [0, 0.1) is 0 Å². The monoisotopic (exact) mass is 304 g/mol. The van der Waals surface area contributed by atoms with Crippen molar-refractivity contribution in [1.82, 2.24) is 0 Å². The van der Waals surface area contributed by atoms with E-state index in [4.69, 9.17) is 4.74 Å². The fourth-order valence-corrected chi connectivity index (χ4v) is 2.78. The second kappa shape index (κ2) is 5.76. The summed E-state index contributed by atoms with van der Waals surface area (Å²) in [6.07, 6.45) is 0.346. The normalized spacial score (nSPS) is 18.9. The Balaban J connectivity index is 1.98. The van der Waals surface area contributed by atoms with Gasteiger partial charge in [-0.3, -0.25) is 14.5 Å². The topological polar surface area (TPSA) is 87.2 Å². The molecular weight excluding hydrogens is 288 g/mol. The highest BCUT2D eigenvalue weighted by Crippen LogP contribution is 2.29. The van der Waals surface area contributed by atoms with Crippen molar-refractivity contribution in [2.24, 2.45) is 0 Å². The molecule has 2 aliphatic rings. The predicted molar refractivity (Wildman–Crippen MR) is 78.2 cm³/mol. The third-order valence-corrected chi connectivity index (χ3v) is 3.87. The van der Waals surface area contributed by atoms with E-state index in [-0.39, 0.29) is 30.2 Å². The first-order valence-electron chi connectivity index (χ1n) is 7.14. The fraction of sp³-hybridized carbons (Fsp3) is 0.400. The molecule has 2 fully saturated rings. The molecule has 2 aliphatic heterocycles. The maximum atomic E-state index is 11.8. The molecule has 7 heteroatoms. The van der Waals surface area contributed by atoms with E-state index >= 15 is 0 Å². The number of aromatic carboxylic acids is 1. The quantitative estimate of drug-likeness (QED) is 0.834. The van der Waals surface area contributed by atoms with Gasteiger partial charge in [0.2, 0.25) is 11.8 Å². The number of imide groups is 1. The molecule has 2 heterocycles. The van der Waals surface area contributed by atoms with Crippen molar-refractivity contribution in [3.8, 4) is 0 Å². The van der Waals surface area contributed by atoms with Gasteiger partial charge in [-0.2, -0.15) is 0 Å². The van der Waals surface area contributed by atoms with E-state index in [9.17, 15) is 19.5 Å². The highest BCUT2D eigenvalue weighted by molar-refractivity contribution is 6.20. The van der Waals surface area contributed by atoms with Crippen LogP contribution in [-0.4, -0.2) is 49.2 Å². The lowest BCUT2D eigenvalue weighted by atomic mass is 10.1. The van der Waals surface area contributed by atoms with Gasteiger partial charge in [0.15, 0.2) is 0 Å². The largest absolute Gasteiger partial charge is 0.478 e. The standard InChI is InChI=1S/C15H16N2O5/c18-13-3-4-14(19)17(13)10-1-2-12(11(9-10)15(20)21)16-5-7-22-8-6-16/h1-2,9H,3-8H2,(H,20,21). The van der Waals surface area contributed by atoms with Gasteiger partial charge in [0.25, 0.3) is 0 Å². The number of carboxylic acids is 1. The molecule has 1 aromatic rings.